The van der Waals surface area contributed by atoms with Crippen LogP contribution in [0.5, 0.6) is 0 Å². The summed E-state index contributed by atoms with van der Waals surface area (Å²) in [5.74, 6) is -1.98. The van der Waals surface area contributed by atoms with E-state index in [0.29, 0.717) is 0 Å². The SMILES string of the molecule is O=C([O-])[C@@H](O)[C@H](O)[C@@H](O)[C@@H](O)CO.[K+]. The molecule has 0 amide bonds. The van der Waals surface area contributed by atoms with Crippen LogP contribution in [0.15, 0.2) is 0 Å². The first kappa shape index (κ1) is 17.3. The maximum absolute atomic E-state index is 9.98. The molecule has 0 aliphatic rings. The number of carbonyl (C=O) groups is 1. The van der Waals surface area contributed by atoms with Gasteiger partial charge in [-0.05, 0) is 0 Å². The summed E-state index contributed by atoms with van der Waals surface area (Å²) in [7, 11) is 0. The Labute approximate surface area is 122 Å². The molecule has 5 N–H and O–H groups in total. The molecule has 0 radical (unpaired) electrons. The molecular weight excluding hydrogens is 223 g/mol. The molecule has 14 heavy (non-hydrogen) atoms. The van der Waals surface area contributed by atoms with Gasteiger partial charge in [0.05, 0.1) is 12.6 Å². The number of carboxylic acid groups (broad SMARTS) is 1. The van der Waals surface area contributed by atoms with Crippen LogP contribution in [0.2, 0.25) is 0 Å². The summed E-state index contributed by atoms with van der Waals surface area (Å²) in [5, 5.41) is 53.4. The number of aliphatic hydroxyl groups is 5. The zero-order valence-corrected chi connectivity index (χ0v) is 10.7. The molecule has 0 fully saturated rings. The Morgan fingerprint density at radius 2 is 1.57 bits per heavy atom. The molecule has 0 saturated carbocycles. The summed E-state index contributed by atoms with van der Waals surface area (Å²) < 4.78 is 0. The summed E-state index contributed by atoms with van der Waals surface area (Å²) in [6, 6.07) is 0. The monoisotopic (exact) mass is 234 g/mol. The summed E-state index contributed by atoms with van der Waals surface area (Å²) in [5.41, 5.74) is 0. The van der Waals surface area contributed by atoms with Gasteiger partial charge in [0.15, 0.2) is 0 Å². The van der Waals surface area contributed by atoms with Crippen LogP contribution < -0.4 is 56.5 Å². The molecular formula is C6H11KO7. The van der Waals surface area contributed by atoms with Crippen molar-refractivity contribution in [3.05, 3.63) is 0 Å². The summed E-state index contributed by atoms with van der Waals surface area (Å²) in [4.78, 5) is 9.98. The third kappa shape index (κ3) is 5.12. The quantitative estimate of drug-likeness (QED) is 0.297. The van der Waals surface area contributed by atoms with Gasteiger partial charge in [0.25, 0.3) is 0 Å². The molecule has 0 saturated heterocycles. The minimum absolute atomic E-state index is 0. The first-order chi connectivity index (χ1) is 5.91. The Bertz CT molecular complexity index is 176. The van der Waals surface area contributed by atoms with E-state index in [1.165, 1.54) is 0 Å². The standard InChI is InChI=1S/C6H12O7.K/c7-1-2(8)3(9)4(10)5(11)6(12)13;/h2-5,7-11H,1H2,(H,12,13);/q;+1/p-1/t2-,3-,4+,5-;/m0./s1. The van der Waals surface area contributed by atoms with Crippen molar-refractivity contribution in [2.24, 2.45) is 0 Å². The normalized spacial score (nSPS) is 18.9. The van der Waals surface area contributed by atoms with E-state index in [2.05, 4.69) is 0 Å². The molecule has 4 atom stereocenters. The van der Waals surface area contributed by atoms with E-state index in [-0.39, 0.29) is 51.4 Å². The fraction of sp³-hybridized carbons (Fsp3) is 0.833. The van der Waals surface area contributed by atoms with Crippen LogP contribution in [-0.2, 0) is 4.79 Å². The molecule has 0 rings (SSSR count). The van der Waals surface area contributed by atoms with Crippen LogP contribution in [0, 0.1) is 0 Å². The van der Waals surface area contributed by atoms with E-state index in [1.54, 1.807) is 0 Å². The predicted octanol–water partition coefficient (Wildman–Crippen LogP) is -7.82. The van der Waals surface area contributed by atoms with E-state index < -0.39 is 37.0 Å². The Morgan fingerprint density at radius 3 is 1.86 bits per heavy atom. The van der Waals surface area contributed by atoms with Crippen molar-refractivity contribution in [3.63, 3.8) is 0 Å². The largest absolute Gasteiger partial charge is 1.00 e. The maximum atomic E-state index is 9.98. The predicted molar refractivity (Wildman–Crippen MR) is 36.1 cm³/mol. The zero-order chi connectivity index (χ0) is 10.6. The molecule has 0 bridgehead atoms. The van der Waals surface area contributed by atoms with Gasteiger partial charge in [0, 0.05) is 0 Å². The minimum atomic E-state index is -2.31. The van der Waals surface area contributed by atoms with Crippen molar-refractivity contribution >= 4 is 5.97 Å². The van der Waals surface area contributed by atoms with Crippen molar-refractivity contribution in [1.29, 1.82) is 0 Å². The van der Waals surface area contributed by atoms with Crippen molar-refractivity contribution in [2.45, 2.75) is 24.4 Å². The van der Waals surface area contributed by atoms with Crippen molar-refractivity contribution in [3.8, 4) is 0 Å². The third-order valence-electron chi connectivity index (χ3n) is 1.50. The van der Waals surface area contributed by atoms with Crippen molar-refractivity contribution in [1.82, 2.24) is 0 Å². The molecule has 0 heterocycles. The van der Waals surface area contributed by atoms with Crippen LogP contribution in [-0.4, -0.2) is 62.5 Å². The zero-order valence-electron chi connectivity index (χ0n) is 7.57. The van der Waals surface area contributed by atoms with Crippen LogP contribution in [0.4, 0.5) is 0 Å². The molecule has 0 aromatic heterocycles. The Hall–Kier alpha value is 0.906. The van der Waals surface area contributed by atoms with E-state index in [1.807, 2.05) is 0 Å². The van der Waals surface area contributed by atoms with E-state index in [9.17, 15) is 9.90 Å². The van der Waals surface area contributed by atoms with Gasteiger partial charge in [0.1, 0.15) is 24.4 Å². The van der Waals surface area contributed by atoms with Crippen LogP contribution >= 0.6 is 0 Å². The topological polar surface area (TPSA) is 141 Å². The van der Waals surface area contributed by atoms with Crippen LogP contribution in [0.25, 0.3) is 0 Å². The maximum Gasteiger partial charge on any atom is 1.00 e. The second-order valence-electron chi connectivity index (χ2n) is 2.49. The number of aliphatic carboxylic acids is 1. The number of carbonyl (C=O) groups excluding carboxylic acids is 1. The molecule has 78 valence electrons. The molecule has 0 aromatic rings. The third-order valence-corrected chi connectivity index (χ3v) is 1.50. The van der Waals surface area contributed by atoms with E-state index >= 15 is 0 Å². The van der Waals surface area contributed by atoms with Gasteiger partial charge in [-0.3, -0.25) is 0 Å². The fourth-order valence-corrected chi connectivity index (χ4v) is 0.662. The molecule has 8 heteroatoms. The summed E-state index contributed by atoms with van der Waals surface area (Å²) in [6.45, 7) is -0.863. The van der Waals surface area contributed by atoms with Gasteiger partial charge in [0.2, 0.25) is 0 Å². The van der Waals surface area contributed by atoms with Crippen molar-refractivity contribution < 1.29 is 86.8 Å². The van der Waals surface area contributed by atoms with Crippen LogP contribution in [0.1, 0.15) is 0 Å². The van der Waals surface area contributed by atoms with Gasteiger partial charge in [-0.2, -0.15) is 0 Å². The molecule has 0 aliphatic carbocycles. The van der Waals surface area contributed by atoms with Gasteiger partial charge < -0.3 is 35.4 Å². The number of rotatable bonds is 5. The number of aliphatic hydroxyl groups excluding tert-OH is 5. The number of hydrogen-bond donors (Lipinski definition) is 5. The van der Waals surface area contributed by atoms with Gasteiger partial charge in [-0.15, -0.1) is 0 Å². The summed E-state index contributed by atoms with van der Waals surface area (Å²) >= 11 is 0. The van der Waals surface area contributed by atoms with E-state index in [4.69, 9.17) is 25.5 Å². The molecule has 0 unspecified atom stereocenters. The molecule has 0 spiro atoms. The molecule has 0 aromatic carbocycles. The fourth-order valence-electron chi connectivity index (χ4n) is 0.662. The minimum Gasteiger partial charge on any atom is -0.547 e. The Balaban J connectivity index is 0. The number of hydrogen-bond acceptors (Lipinski definition) is 7. The Morgan fingerprint density at radius 1 is 1.14 bits per heavy atom. The average Bonchev–Trinajstić information content (AvgIpc) is 2.12. The average molecular weight is 234 g/mol. The second kappa shape index (κ2) is 8.10. The molecule has 7 nitrogen and oxygen atoms in total. The van der Waals surface area contributed by atoms with E-state index in [0.717, 1.165) is 0 Å². The second-order valence-corrected chi connectivity index (χ2v) is 2.49. The Kier molecular flexibility index (Phi) is 10.0. The molecule has 0 aliphatic heterocycles. The van der Waals surface area contributed by atoms with Gasteiger partial charge >= 0.3 is 51.4 Å². The van der Waals surface area contributed by atoms with Gasteiger partial charge in [-0.1, -0.05) is 0 Å². The van der Waals surface area contributed by atoms with Crippen molar-refractivity contribution in [2.75, 3.05) is 6.61 Å². The number of carboxylic acids is 1. The summed E-state index contributed by atoms with van der Waals surface area (Å²) in [6.07, 6.45) is -8.08. The first-order valence-electron chi connectivity index (χ1n) is 3.45. The van der Waals surface area contributed by atoms with Crippen LogP contribution in [0.3, 0.4) is 0 Å². The van der Waals surface area contributed by atoms with Gasteiger partial charge in [-0.25, -0.2) is 0 Å². The first-order valence-corrected chi connectivity index (χ1v) is 3.45. The smallest absolute Gasteiger partial charge is 0.547 e.